The van der Waals surface area contributed by atoms with Gasteiger partial charge in [0.1, 0.15) is 0 Å². The summed E-state index contributed by atoms with van der Waals surface area (Å²) in [6.07, 6.45) is 1.48. The van der Waals surface area contributed by atoms with Crippen LogP contribution in [0.3, 0.4) is 0 Å². The molecule has 0 bridgehead atoms. The van der Waals surface area contributed by atoms with Crippen LogP contribution >= 0.6 is 0 Å². The van der Waals surface area contributed by atoms with Crippen molar-refractivity contribution in [1.29, 1.82) is 0 Å². The van der Waals surface area contributed by atoms with Gasteiger partial charge in [0.05, 0.1) is 12.3 Å². The lowest BCUT2D eigenvalue weighted by Crippen LogP contribution is -2.03. The van der Waals surface area contributed by atoms with E-state index in [1.165, 1.54) is 6.21 Å². The summed E-state index contributed by atoms with van der Waals surface area (Å²) in [6, 6.07) is 0. The average Bonchev–Trinajstić information content (AvgIpc) is 1.89. The quantitative estimate of drug-likeness (QED) is 0.316. The van der Waals surface area contributed by atoms with E-state index in [9.17, 15) is 0 Å². The van der Waals surface area contributed by atoms with Crippen LogP contribution < -0.4 is 5.73 Å². The predicted molar refractivity (Wildman–Crippen MR) is 37.3 cm³/mol. The number of hydrogen-bond donors (Lipinski definition) is 2. The number of hydrogen-bond acceptors (Lipinski definition) is 4. The molecule has 0 saturated carbocycles. The van der Waals surface area contributed by atoms with Crippen molar-refractivity contribution >= 4 is 11.9 Å². The summed E-state index contributed by atoms with van der Waals surface area (Å²) in [6.45, 7) is 2.75. The van der Waals surface area contributed by atoms with Crippen molar-refractivity contribution in [3.63, 3.8) is 0 Å². The summed E-state index contributed by atoms with van der Waals surface area (Å²) >= 11 is 0. The van der Waals surface area contributed by atoms with Crippen LogP contribution in [0, 0.1) is 0 Å². The molecule has 52 valence electrons. The zero-order valence-electron chi connectivity index (χ0n) is 5.41. The minimum atomic E-state index is 0.489. The maximum atomic E-state index is 8.10. The van der Waals surface area contributed by atoms with Crippen LogP contribution in [0.5, 0.6) is 0 Å². The fraction of sp³-hybridized carbons (Fsp3) is 0.600. The predicted octanol–water partition coefficient (Wildman–Crippen LogP) is -0.134. The summed E-state index contributed by atoms with van der Waals surface area (Å²) in [4.78, 5) is 3.82. The SMILES string of the molecule is C/C(C=NCCN)=N/O. The number of nitrogens with zero attached hydrogens (tertiary/aromatic N) is 2. The lowest BCUT2D eigenvalue weighted by molar-refractivity contribution is 0.320. The van der Waals surface area contributed by atoms with E-state index in [4.69, 9.17) is 10.9 Å². The van der Waals surface area contributed by atoms with Gasteiger partial charge in [-0.2, -0.15) is 0 Å². The lowest BCUT2D eigenvalue weighted by Gasteiger charge is -1.85. The van der Waals surface area contributed by atoms with E-state index in [-0.39, 0.29) is 0 Å². The van der Waals surface area contributed by atoms with Crippen LogP contribution in [0.2, 0.25) is 0 Å². The zero-order valence-corrected chi connectivity index (χ0v) is 5.41. The van der Waals surface area contributed by atoms with Gasteiger partial charge in [0, 0.05) is 12.8 Å². The molecule has 0 saturated heterocycles. The molecule has 0 aliphatic carbocycles. The van der Waals surface area contributed by atoms with Crippen LogP contribution in [-0.2, 0) is 0 Å². The van der Waals surface area contributed by atoms with Gasteiger partial charge in [-0.15, -0.1) is 0 Å². The fourth-order valence-corrected chi connectivity index (χ4v) is 0.297. The van der Waals surface area contributed by atoms with Crippen LogP contribution in [-0.4, -0.2) is 30.2 Å². The lowest BCUT2D eigenvalue weighted by atomic mass is 10.5. The van der Waals surface area contributed by atoms with E-state index in [2.05, 4.69) is 10.1 Å². The second-order valence-electron chi connectivity index (χ2n) is 1.57. The third kappa shape index (κ3) is 4.96. The first-order valence-electron chi connectivity index (χ1n) is 2.69. The Labute approximate surface area is 54.1 Å². The molecule has 0 amide bonds. The molecule has 0 rings (SSSR count). The van der Waals surface area contributed by atoms with Crippen molar-refractivity contribution in [2.45, 2.75) is 6.92 Å². The number of aliphatic imine (C=N–C) groups is 1. The smallest absolute Gasteiger partial charge is 0.0942 e. The van der Waals surface area contributed by atoms with Gasteiger partial charge in [-0.3, -0.25) is 4.99 Å². The molecule has 0 fully saturated rings. The molecule has 0 spiro atoms. The van der Waals surface area contributed by atoms with Gasteiger partial charge >= 0.3 is 0 Å². The molecule has 0 radical (unpaired) electrons. The largest absolute Gasteiger partial charge is 0.411 e. The first-order chi connectivity index (χ1) is 4.31. The molecule has 0 heterocycles. The van der Waals surface area contributed by atoms with Gasteiger partial charge in [0.25, 0.3) is 0 Å². The van der Waals surface area contributed by atoms with Crippen LogP contribution in [0.15, 0.2) is 10.1 Å². The Hall–Kier alpha value is -0.900. The minimum Gasteiger partial charge on any atom is -0.411 e. The third-order valence-electron chi connectivity index (χ3n) is 0.694. The Morgan fingerprint density at radius 1 is 1.78 bits per heavy atom. The number of rotatable bonds is 3. The Kier molecular flexibility index (Phi) is 4.72. The van der Waals surface area contributed by atoms with E-state index < -0.39 is 0 Å². The van der Waals surface area contributed by atoms with Gasteiger partial charge in [0.2, 0.25) is 0 Å². The average molecular weight is 129 g/mol. The van der Waals surface area contributed by atoms with Gasteiger partial charge in [-0.1, -0.05) is 5.16 Å². The molecule has 0 aromatic heterocycles. The molecule has 4 nitrogen and oxygen atoms in total. The van der Waals surface area contributed by atoms with E-state index >= 15 is 0 Å². The summed E-state index contributed by atoms with van der Waals surface area (Å²) < 4.78 is 0. The van der Waals surface area contributed by atoms with Crippen molar-refractivity contribution in [2.75, 3.05) is 13.1 Å². The molecule has 0 aromatic carbocycles. The Bertz CT molecular complexity index is 119. The second-order valence-corrected chi connectivity index (χ2v) is 1.57. The molecular weight excluding hydrogens is 118 g/mol. The normalized spacial score (nSPS) is 12.9. The summed E-state index contributed by atoms with van der Waals surface area (Å²) in [5.74, 6) is 0. The highest BCUT2D eigenvalue weighted by atomic mass is 16.4. The van der Waals surface area contributed by atoms with Gasteiger partial charge in [0.15, 0.2) is 0 Å². The van der Waals surface area contributed by atoms with Crippen molar-refractivity contribution < 1.29 is 5.21 Å². The van der Waals surface area contributed by atoms with Gasteiger partial charge in [-0.25, -0.2) is 0 Å². The van der Waals surface area contributed by atoms with Crippen molar-refractivity contribution in [1.82, 2.24) is 0 Å². The highest BCUT2D eigenvalue weighted by Gasteiger charge is 1.79. The van der Waals surface area contributed by atoms with Gasteiger partial charge in [-0.05, 0) is 6.92 Å². The molecule has 0 aliphatic heterocycles. The highest BCUT2D eigenvalue weighted by Crippen LogP contribution is 1.69. The maximum absolute atomic E-state index is 8.10. The van der Waals surface area contributed by atoms with E-state index in [1.54, 1.807) is 6.92 Å². The molecule has 0 aliphatic rings. The molecule has 4 heteroatoms. The first-order valence-corrected chi connectivity index (χ1v) is 2.69. The molecule has 9 heavy (non-hydrogen) atoms. The van der Waals surface area contributed by atoms with Crippen LogP contribution in [0.1, 0.15) is 6.92 Å². The highest BCUT2D eigenvalue weighted by molar-refractivity contribution is 6.29. The second kappa shape index (κ2) is 5.24. The summed E-state index contributed by atoms with van der Waals surface area (Å²) in [5, 5.41) is 11.0. The fourth-order valence-electron chi connectivity index (χ4n) is 0.297. The Balaban J connectivity index is 3.45. The first kappa shape index (κ1) is 8.10. The molecule has 0 unspecified atom stereocenters. The molecular formula is C5H11N3O. The van der Waals surface area contributed by atoms with E-state index in [0.29, 0.717) is 18.8 Å². The standard InChI is InChI=1S/C5H11N3O/c1-5(8-9)4-7-3-2-6/h4,9H,2-3,6H2,1H3/b7-4?,8-5-. The van der Waals surface area contributed by atoms with Crippen LogP contribution in [0.25, 0.3) is 0 Å². The maximum Gasteiger partial charge on any atom is 0.0942 e. The van der Waals surface area contributed by atoms with E-state index in [0.717, 1.165) is 0 Å². The Morgan fingerprint density at radius 3 is 2.89 bits per heavy atom. The van der Waals surface area contributed by atoms with Gasteiger partial charge < -0.3 is 10.9 Å². The summed E-state index contributed by atoms with van der Waals surface area (Å²) in [5.41, 5.74) is 5.63. The number of nitrogens with two attached hydrogens (primary N) is 1. The third-order valence-corrected chi connectivity index (χ3v) is 0.694. The topological polar surface area (TPSA) is 71.0 Å². The molecule has 0 atom stereocenters. The summed E-state index contributed by atoms with van der Waals surface area (Å²) in [7, 11) is 0. The monoisotopic (exact) mass is 129 g/mol. The number of oxime groups is 1. The molecule has 3 N–H and O–H groups in total. The van der Waals surface area contributed by atoms with Crippen molar-refractivity contribution in [2.24, 2.45) is 15.9 Å². The zero-order chi connectivity index (χ0) is 7.11. The van der Waals surface area contributed by atoms with E-state index in [1.807, 2.05) is 0 Å². The van der Waals surface area contributed by atoms with Crippen molar-refractivity contribution in [3.05, 3.63) is 0 Å². The van der Waals surface area contributed by atoms with Crippen molar-refractivity contribution in [3.8, 4) is 0 Å². The minimum absolute atomic E-state index is 0.489. The Morgan fingerprint density at radius 2 is 2.44 bits per heavy atom. The molecule has 0 aromatic rings. The van der Waals surface area contributed by atoms with Crippen LogP contribution in [0.4, 0.5) is 0 Å².